The van der Waals surface area contributed by atoms with Gasteiger partial charge in [-0.3, -0.25) is 5.32 Å². The Balaban J connectivity index is 2.16. The van der Waals surface area contributed by atoms with E-state index in [0.717, 1.165) is 11.1 Å². The molecule has 2 rings (SSSR count). The van der Waals surface area contributed by atoms with Gasteiger partial charge in [-0.15, -0.1) is 0 Å². The number of nitrogens with one attached hydrogen (secondary N) is 1. The van der Waals surface area contributed by atoms with Crippen LogP contribution in [0.5, 0.6) is 5.75 Å². The molecule has 0 aliphatic rings. The largest absolute Gasteiger partial charge is 0.497 e. The maximum atomic E-state index is 12.0. The first-order valence-corrected chi connectivity index (χ1v) is 6.73. The van der Waals surface area contributed by atoms with Gasteiger partial charge in [-0.25, -0.2) is 4.79 Å². The highest BCUT2D eigenvalue weighted by Crippen LogP contribution is 2.20. The quantitative estimate of drug-likeness (QED) is 0.829. The molecule has 4 nitrogen and oxygen atoms in total. The lowest BCUT2D eigenvalue weighted by atomic mass is 10.1. The Morgan fingerprint density at radius 2 is 1.86 bits per heavy atom. The number of carbonyl (C=O) groups excluding carboxylic acids is 1. The zero-order chi connectivity index (χ0) is 15.1. The van der Waals surface area contributed by atoms with Crippen LogP contribution in [-0.4, -0.2) is 20.2 Å². The van der Waals surface area contributed by atoms with E-state index in [1.54, 1.807) is 7.11 Å². The molecule has 0 aliphatic carbocycles. The van der Waals surface area contributed by atoms with Crippen LogP contribution in [0, 0.1) is 0 Å². The highest BCUT2D eigenvalue weighted by molar-refractivity contribution is 5.77. The van der Waals surface area contributed by atoms with Crippen molar-refractivity contribution >= 4 is 5.97 Å². The monoisotopic (exact) mass is 285 g/mol. The van der Waals surface area contributed by atoms with E-state index in [0.29, 0.717) is 12.3 Å². The molecule has 110 valence electrons. The minimum Gasteiger partial charge on any atom is -0.497 e. The van der Waals surface area contributed by atoms with Crippen molar-refractivity contribution in [3.8, 4) is 5.75 Å². The van der Waals surface area contributed by atoms with Gasteiger partial charge in [-0.1, -0.05) is 42.5 Å². The molecule has 0 spiro atoms. The molecule has 0 heterocycles. The van der Waals surface area contributed by atoms with E-state index in [1.165, 1.54) is 7.11 Å². The Labute approximate surface area is 124 Å². The molecule has 0 bridgehead atoms. The lowest BCUT2D eigenvalue weighted by Crippen LogP contribution is -2.29. The Kier molecular flexibility index (Phi) is 5.35. The first-order valence-electron chi connectivity index (χ1n) is 6.73. The van der Waals surface area contributed by atoms with Gasteiger partial charge in [0, 0.05) is 6.54 Å². The fourth-order valence-electron chi connectivity index (χ4n) is 2.09. The molecule has 2 aromatic rings. The third kappa shape index (κ3) is 4.07. The molecule has 1 atom stereocenters. The summed E-state index contributed by atoms with van der Waals surface area (Å²) in [6, 6.07) is 16.8. The van der Waals surface area contributed by atoms with E-state index in [1.807, 2.05) is 54.6 Å². The highest BCUT2D eigenvalue weighted by atomic mass is 16.5. The topological polar surface area (TPSA) is 47.6 Å². The van der Waals surface area contributed by atoms with Gasteiger partial charge < -0.3 is 9.47 Å². The van der Waals surface area contributed by atoms with Gasteiger partial charge >= 0.3 is 5.97 Å². The summed E-state index contributed by atoms with van der Waals surface area (Å²) in [7, 11) is 2.99. The van der Waals surface area contributed by atoms with E-state index >= 15 is 0 Å². The molecular formula is C17H19NO3. The third-order valence-corrected chi connectivity index (χ3v) is 3.22. The molecule has 1 unspecified atom stereocenters. The predicted molar refractivity (Wildman–Crippen MR) is 81.0 cm³/mol. The molecule has 2 aromatic carbocycles. The molecule has 0 fully saturated rings. The van der Waals surface area contributed by atoms with Crippen molar-refractivity contribution in [1.82, 2.24) is 5.32 Å². The van der Waals surface area contributed by atoms with Crippen molar-refractivity contribution < 1.29 is 14.3 Å². The van der Waals surface area contributed by atoms with Crippen LogP contribution in [0.25, 0.3) is 0 Å². The molecule has 0 radical (unpaired) electrons. The molecular weight excluding hydrogens is 266 g/mol. The first-order chi connectivity index (χ1) is 10.2. The van der Waals surface area contributed by atoms with E-state index < -0.39 is 6.04 Å². The van der Waals surface area contributed by atoms with E-state index in [2.05, 4.69) is 5.32 Å². The summed E-state index contributed by atoms with van der Waals surface area (Å²) in [4.78, 5) is 12.0. The minimum atomic E-state index is -0.523. The molecule has 4 heteroatoms. The first kappa shape index (κ1) is 15.1. The number of hydrogen-bond acceptors (Lipinski definition) is 4. The zero-order valence-electron chi connectivity index (χ0n) is 12.2. The number of ether oxygens (including phenoxy) is 2. The predicted octanol–water partition coefficient (Wildman–Crippen LogP) is 2.70. The van der Waals surface area contributed by atoms with Gasteiger partial charge in [-0.2, -0.15) is 0 Å². The number of carbonyl (C=O) groups is 1. The molecule has 0 aromatic heterocycles. The Morgan fingerprint density at radius 3 is 2.52 bits per heavy atom. The van der Waals surface area contributed by atoms with Crippen molar-refractivity contribution in [2.75, 3.05) is 14.2 Å². The van der Waals surface area contributed by atoms with Crippen molar-refractivity contribution in [2.45, 2.75) is 12.6 Å². The van der Waals surface area contributed by atoms with Crippen molar-refractivity contribution in [1.29, 1.82) is 0 Å². The lowest BCUT2D eigenvalue weighted by Gasteiger charge is -2.17. The van der Waals surface area contributed by atoms with Crippen LogP contribution < -0.4 is 10.1 Å². The van der Waals surface area contributed by atoms with Crippen molar-refractivity contribution in [3.05, 3.63) is 65.7 Å². The van der Waals surface area contributed by atoms with E-state index in [4.69, 9.17) is 9.47 Å². The Hall–Kier alpha value is -2.33. The fraction of sp³-hybridized carbons (Fsp3) is 0.235. The lowest BCUT2D eigenvalue weighted by molar-refractivity contribution is -0.143. The van der Waals surface area contributed by atoms with Gasteiger partial charge in [0.15, 0.2) is 0 Å². The molecule has 1 N–H and O–H groups in total. The third-order valence-electron chi connectivity index (χ3n) is 3.22. The summed E-state index contributed by atoms with van der Waals surface area (Å²) < 4.78 is 10.1. The van der Waals surface area contributed by atoms with E-state index in [9.17, 15) is 4.79 Å². The molecule has 0 aliphatic heterocycles. The van der Waals surface area contributed by atoms with Crippen LogP contribution in [0.4, 0.5) is 0 Å². The van der Waals surface area contributed by atoms with Gasteiger partial charge in [0.25, 0.3) is 0 Å². The normalized spacial score (nSPS) is 11.7. The van der Waals surface area contributed by atoms with Gasteiger partial charge in [-0.05, 0) is 23.3 Å². The molecule has 21 heavy (non-hydrogen) atoms. The second-order valence-corrected chi connectivity index (χ2v) is 4.60. The highest BCUT2D eigenvalue weighted by Gasteiger charge is 2.21. The summed E-state index contributed by atoms with van der Waals surface area (Å²) in [5, 5.41) is 3.22. The summed E-state index contributed by atoms with van der Waals surface area (Å²) in [6.07, 6.45) is 0. The van der Waals surface area contributed by atoms with Crippen LogP contribution in [-0.2, 0) is 16.1 Å². The summed E-state index contributed by atoms with van der Waals surface area (Å²) >= 11 is 0. The van der Waals surface area contributed by atoms with E-state index in [-0.39, 0.29) is 5.97 Å². The molecule has 0 saturated heterocycles. The van der Waals surface area contributed by atoms with Gasteiger partial charge in [0.2, 0.25) is 0 Å². The SMILES string of the molecule is COC(=O)C(NCc1ccccc1)c1cccc(OC)c1. The van der Waals surface area contributed by atoms with Crippen LogP contribution in [0.3, 0.4) is 0 Å². The van der Waals surface area contributed by atoms with Gasteiger partial charge in [0.05, 0.1) is 14.2 Å². The maximum Gasteiger partial charge on any atom is 0.327 e. The smallest absolute Gasteiger partial charge is 0.327 e. The van der Waals surface area contributed by atoms with Crippen molar-refractivity contribution in [3.63, 3.8) is 0 Å². The number of rotatable bonds is 6. The summed E-state index contributed by atoms with van der Waals surface area (Å²) in [5.41, 5.74) is 1.92. The summed E-state index contributed by atoms with van der Waals surface area (Å²) in [5.74, 6) is 0.391. The number of hydrogen-bond donors (Lipinski definition) is 1. The number of esters is 1. The standard InChI is InChI=1S/C17H19NO3/c1-20-15-10-6-9-14(11-15)16(17(19)21-2)18-12-13-7-4-3-5-8-13/h3-11,16,18H,12H2,1-2H3. The Bertz CT molecular complexity index is 584. The molecule has 0 saturated carbocycles. The summed E-state index contributed by atoms with van der Waals surface area (Å²) in [6.45, 7) is 0.581. The number of benzene rings is 2. The second kappa shape index (κ2) is 7.45. The van der Waals surface area contributed by atoms with Crippen LogP contribution >= 0.6 is 0 Å². The number of methoxy groups -OCH3 is 2. The molecule has 0 amide bonds. The maximum absolute atomic E-state index is 12.0. The second-order valence-electron chi connectivity index (χ2n) is 4.60. The average molecular weight is 285 g/mol. The van der Waals surface area contributed by atoms with Crippen molar-refractivity contribution in [2.24, 2.45) is 0 Å². The Morgan fingerprint density at radius 1 is 1.10 bits per heavy atom. The van der Waals surface area contributed by atoms with Crippen LogP contribution in [0.2, 0.25) is 0 Å². The zero-order valence-corrected chi connectivity index (χ0v) is 12.2. The fourth-order valence-corrected chi connectivity index (χ4v) is 2.09. The minimum absolute atomic E-state index is 0.320. The van der Waals surface area contributed by atoms with Crippen LogP contribution in [0.1, 0.15) is 17.2 Å². The average Bonchev–Trinajstić information content (AvgIpc) is 2.56. The van der Waals surface area contributed by atoms with Crippen LogP contribution in [0.15, 0.2) is 54.6 Å². The van der Waals surface area contributed by atoms with Gasteiger partial charge in [0.1, 0.15) is 11.8 Å².